The molecule has 1 aliphatic rings. The van der Waals surface area contributed by atoms with E-state index in [1.165, 1.54) is 17.0 Å². The summed E-state index contributed by atoms with van der Waals surface area (Å²) in [6, 6.07) is 2.61. The summed E-state index contributed by atoms with van der Waals surface area (Å²) >= 11 is 0.880. The number of nitro groups is 1. The molecule has 11 nitrogen and oxygen atoms in total. The van der Waals surface area contributed by atoms with Gasteiger partial charge in [0.15, 0.2) is 6.29 Å². The van der Waals surface area contributed by atoms with Gasteiger partial charge in [-0.15, -0.1) is 0 Å². The van der Waals surface area contributed by atoms with Crippen LogP contribution in [-0.2, 0) is 25.5 Å². The van der Waals surface area contributed by atoms with Gasteiger partial charge in [-0.05, 0) is 17.3 Å². The summed E-state index contributed by atoms with van der Waals surface area (Å²) < 4.78 is 22.1. The van der Waals surface area contributed by atoms with E-state index in [0.29, 0.717) is 82.7 Å². The molecular formula is C21H31N3O8S. The number of nitrogens with zero attached hydrogens (tertiary/aromatic N) is 3. The molecule has 0 radical (unpaired) electrons. The van der Waals surface area contributed by atoms with E-state index in [0.717, 1.165) is 11.8 Å². The normalized spacial score (nSPS) is 17.5. The maximum absolute atomic E-state index is 12.3. The summed E-state index contributed by atoms with van der Waals surface area (Å²) in [7, 11) is 3.21. The van der Waals surface area contributed by atoms with Crippen molar-refractivity contribution in [2.75, 3.05) is 80.0 Å². The van der Waals surface area contributed by atoms with E-state index in [4.69, 9.17) is 18.9 Å². The van der Waals surface area contributed by atoms with Gasteiger partial charge in [-0.2, -0.15) is 0 Å². The van der Waals surface area contributed by atoms with Crippen molar-refractivity contribution in [2.45, 2.75) is 11.4 Å². The van der Waals surface area contributed by atoms with Crippen LogP contribution in [0.25, 0.3) is 0 Å². The second-order valence-corrected chi connectivity index (χ2v) is 8.35. The number of thioether (sulfide) groups is 1. The quantitative estimate of drug-likeness (QED) is 0.265. The maximum atomic E-state index is 12.3. The fraction of sp³-hybridized carbons (Fsp3) is 0.619. The van der Waals surface area contributed by atoms with Gasteiger partial charge in [-0.25, -0.2) is 0 Å². The van der Waals surface area contributed by atoms with Gasteiger partial charge in [-0.3, -0.25) is 24.6 Å². The van der Waals surface area contributed by atoms with E-state index in [2.05, 4.69) is 0 Å². The fourth-order valence-corrected chi connectivity index (χ4v) is 3.81. The predicted octanol–water partition coefficient (Wildman–Crippen LogP) is 2.06. The third-order valence-electron chi connectivity index (χ3n) is 4.69. The average Bonchev–Trinajstić information content (AvgIpc) is 2.79. The van der Waals surface area contributed by atoms with E-state index >= 15 is 0 Å². The van der Waals surface area contributed by atoms with Gasteiger partial charge in [-0.1, -0.05) is 0 Å². The Morgan fingerprint density at radius 3 is 2.00 bits per heavy atom. The van der Waals surface area contributed by atoms with Crippen molar-refractivity contribution >= 4 is 29.0 Å². The fourth-order valence-electron chi connectivity index (χ4n) is 2.97. The molecule has 0 unspecified atom stereocenters. The molecule has 1 aliphatic heterocycles. The number of amides is 1. The monoisotopic (exact) mass is 485 g/mol. The van der Waals surface area contributed by atoms with Gasteiger partial charge in [0.1, 0.15) is 0 Å². The van der Waals surface area contributed by atoms with Crippen molar-refractivity contribution < 1.29 is 33.5 Å². The van der Waals surface area contributed by atoms with Crippen LogP contribution in [0.1, 0.15) is 15.9 Å². The van der Waals surface area contributed by atoms with E-state index in [-0.39, 0.29) is 23.0 Å². The summed E-state index contributed by atoms with van der Waals surface area (Å²) in [6.07, 6.45) is 0.541. The largest absolute Gasteiger partial charge is 0.378 e. The minimum Gasteiger partial charge on any atom is -0.378 e. The Bertz CT molecular complexity index is 777. The summed E-state index contributed by atoms with van der Waals surface area (Å²) in [5, 5.41) is 11.1. The summed E-state index contributed by atoms with van der Waals surface area (Å²) in [5.41, 5.74) is 0.435. The summed E-state index contributed by atoms with van der Waals surface area (Å²) in [6.45, 7) is 4.98. The molecule has 0 saturated carbocycles. The van der Waals surface area contributed by atoms with Crippen molar-refractivity contribution in [1.82, 2.24) is 9.80 Å². The highest BCUT2D eigenvalue weighted by Gasteiger charge is 2.22. The zero-order valence-electron chi connectivity index (χ0n) is 19.0. The van der Waals surface area contributed by atoms with Crippen LogP contribution in [-0.4, -0.2) is 106 Å². The number of benzene rings is 1. The van der Waals surface area contributed by atoms with Crippen LogP contribution in [0.3, 0.4) is 0 Å². The van der Waals surface area contributed by atoms with Crippen molar-refractivity contribution in [3.63, 3.8) is 0 Å². The maximum Gasteiger partial charge on any atom is 0.285 e. The molecule has 1 aromatic carbocycles. The van der Waals surface area contributed by atoms with Crippen LogP contribution < -0.4 is 0 Å². The van der Waals surface area contributed by atoms with Crippen LogP contribution >= 0.6 is 11.8 Å². The predicted molar refractivity (Wildman–Crippen MR) is 122 cm³/mol. The minimum absolute atomic E-state index is 0.111. The minimum atomic E-state index is -0.545. The number of hydrogen-bond donors (Lipinski definition) is 0. The molecular weight excluding hydrogens is 454 g/mol. The standard InChI is InChI=1S/C21H31N3O8S/c1-22(2)21(26)33-20-17(13-19(24(27)28)14-18(20)16-25)15-23-3-5-29-7-9-31-11-12-32-10-8-30-6-4-23/h13-14,16H,3-12,15H2,1-2H3. The number of rotatable bonds is 5. The highest BCUT2D eigenvalue weighted by atomic mass is 32.2. The van der Waals surface area contributed by atoms with Gasteiger partial charge in [0.05, 0.1) is 57.8 Å². The second kappa shape index (κ2) is 14.9. The molecule has 0 aromatic heterocycles. The molecule has 0 aliphatic carbocycles. The van der Waals surface area contributed by atoms with E-state index in [1.807, 2.05) is 4.90 Å². The molecule has 2 rings (SSSR count). The first-order valence-corrected chi connectivity index (χ1v) is 11.4. The van der Waals surface area contributed by atoms with E-state index in [1.54, 1.807) is 14.1 Å². The Kier molecular flexibility index (Phi) is 12.3. The molecule has 184 valence electrons. The van der Waals surface area contributed by atoms with Crippen molar-refractivity contribution in [2.24, 2.45) is 0 Å². The lowest BCUT2D eigenvalue weighted by molar-refractivity contribution is -0.385. The third-order valence-corrected chi connectivity index (χ3v) is 5.93. The molecule has 0 atom stereocenters. The Labute approximate surface area is 197 Å². The van der Waals surface area contributed by atoms with Gasteiger partial charge in [0.2, 0.25) is 0 Å². The van der Waals surface area contributed by atoms with Gasteiger partial charge in [0, 0.05) is 56.3 Å². The first-order chi connectivity index (χ1) is 15.9. The van der Waals surface area contributed by atoms with Crippen LogP contribution in [0.5, 0.6) is 0 Å². The molecule has 12 heteroatoms. The number of aldehydes is 1. The van der Waals surface area contributed by atoms with E-state index in [9.17, 15) is 19.7 Å². The van der Waals surface area contributed by atoms with Crippen molar-refractivity contribution in [1.29, 1.82) is 0 Å². The van der Waals surface area contributed by atoms with E-state index < -0.39 is 4.92 Å². The Balaban J connectivity index is 2.23. The lowest BCUT2D eigenvalue weighted by atomic mass is 10.1. The topological polar surface area (TPSA) is 121 Å². The summed E-state index contributed by atoms with van der Waals surface area (Å²) in [5.74, 6) is 0. The highest BCUT2D eigenvalue weighted by Crippen LogP contribution is 2.32. The molecule has 0 N–H and O–H groups in total. The Morgan fingerprint density at radius 2 is 1.55 bits per heavy atom. The molecule has 1 amide bonds. The van der Waals surface area contributed by atoms with Gasteiger partial charge in [0.25, 0.3) is 10.9 Å². The molecule has 1 fully saturated rings. The molecule has 1 saturated heterocycles. The molecule has 1 aromatic rings. The first-order valence-electron chi connectivity index (χ1n) is 10.6. The highest BCUT2D eigenvalue weighted by molar-refractivity contribution is 8.13. The zero-order valence-corrected chi connectivity index (χ0v) is 19.8. The number of nitro benzene ring substituents is 1. The van der Waals surface area contributed by atoms with Crippen LogP contribution in [0, 0.1) is 10.1 Å². The average molecular weight is 486 g/mol. The molecule has 1 heterocycles. The van der Waals surface area contributed by atoms with Gasteiger partial charge >= 0.3 is 0 Å². The lowest BCUT2D eigenvalue weighted by Crippen LogP contribution is -2.31. The second-order valence-electron chi connectivity index (χ2n) is 7.39. The third kappa shape index (κ3) is 9.74. The Hall–Kier alpha value is -2.09. The number of carbonyl (C=O) groups excluding carboxylic acids is 2. The van der Waals surface area contributed by atoms with Crippen LogP contribution in [0.2, 0.25) is 0 Å². The van der Waals surface area contributed by atoms with Crippen molar-refractivity contribution in [3.8, 4) is 0 Å². The zero-order chi connectivity index (χ0) is 24.1. The lowest BCUT2D eigenvalue weighted by Gasteiger charge is -2.24. The number of hydrogen-bond acceptors (Lipinski definition) is 10. The number of carbonyl (C=O) groups is 2. The first kappa shape index (κ1) is 27.2. The number of non-ortho nitro benzene ring substituents is 1. The summed E-state index contributed by atoms with van der Waals surface area (Å²) in [4.78, 5) is 38.8. The van der Waals surface area contributed by atoms with Gasteiger partial charge < -0.3 is 23.8 Å². The molecule has 0 spiro atoms. The molecule has 33 heavy (non-hydrogen) atoms. The molecule has 0 bridgehead atoms. The van der Waals surface area contributed by atoms with Crippen LogP contribution in [0.4, 0.5) is 10.5 Å². The Morgan fingerprint density at radius 1 is 1.03 bits per heavy atom. The van der Waals surface area contributed by atoms with Crippen LogP contribution in [0.15, 0.2) is 17.0 Å². The van der Waals surface area contributed by atoms with Crippen molar-refractivity contribution in [3.05, 3.63) is 33.4 Å². The smallest absolute Gasteiger partial charge is 0.285 e. The SMILES string of the molecule is CN(C)C(=O)Sc1c(C=O)cc([N+](=O)[O-])cc1CN1CCOCCOCCOCCOCC1. The number of ether oxygens (including phenoxy) is 4.